The molecule has 0 saturated carbocycles. The van der Waals surface area contributed by atoms with Crippen molar-refractivity contribution in [1.82, 2.24) is 10.6 Å². The minimum atomic E-state index is -0.806. The molecule has 0 bridgehead atoms. The van der Waals surface area contributed by atoms with Crippen molar-refractivity contribution in [3.63, 3.8) is 0 Å². The van der Waals surface area contributed by atoms with Gasteiger partial charge in [-0.15, -0.1) is 0 Å². The lowest BCUT2D eigenvalue weighted by Crippen LogP contribution is -2.45. The number of rotatable bonds is 13. The van der Waals surface area contributed by atoms with Crippen LogP contribution in [0, 0.1) is 0 Å². The van der Waals surface area contributed by atoms with Gasteiger partial charge in [-0.25, -0.2) is 4.79 Å². The molecule has 0 unspecified atom stereocenters. The number of unbranched alkanes of at least 4 members (excludes halogenated alkanes) is 2. The van der Waals surface area contributed by atoms with E-state index < -0.39 is 18.0 Å². The predicted octanol–water partition coefficient (Wildman–Crippen LogP) is 2.69. The van der Waals surface area contributed by atoms with Crippen LogP contribution in [0.5, 0.6) is 5.75 Å². The first-order valence-corrected chi connectivity index (χ1v) is 10.6. The Morgan fingerprint density at radius 1 is 0.969 bits per heavy atom. The van der Waals surface area contributed by atoms with Gasteiger partial charge in [0.2, 0.25) is 11.8 Å². The summed E-state index contributed by atoms with van der Waals surface area (Å²) in [6, 6.07) is 15.9. The molecule has 3 amide bonds. The Bertz CT molecular complexity index is 873. The summed E-state index contributed by atoms with van der Waals surface area (Å²) >= 11 is 0. The largest absolute Gasteiger partial charge is 0.496 e. The SMILES string of the molecule is COc1ccccc1C[C@H](NC(=O)CCCCCNC(=O)OCc1ccccc1)C(N)=O. The van der Waals surface area contributed by atoms with Gasteiger partial charge in [-0.05, 0) is 30.0 Å². The van der Waals surface area contributed by atoms with Crippen LogP contribution in [0.15, 0.2) is 54.6 Å². The topological polar surface area (TPSA) is 120 Å². The first kappa shape index (κ1) is 24.7. The molecule has 4 N–H and O–H groups in total. The molecular formula is C24H31N3O5. The highest BCUT2D eigenvalue weighted by Gasteiger charge is 2.20. The van der Waals surface area contributed by atoms with Crippen LogP contribution in [-0.4, -0.2) is 37.6 Å². The molecule has 32 heavy (non-hydrogen) atoms. The van der Waals surface area contributed by atoms with Crippen LogP contribution in [-0.2, 0) is 27.4 Å². The number of carbonyl (C=O) groups excluding carboxylic acids is 3. The van der Waals surface area contributed by atoms with Crippen LogP contribution < -0.4 is 21.1 Å². The standard InChI is InChI=1S/C24H31N3O5/c1-31-21-13-8-7-12-19(21)16-20(23(25)29)27-22(28)14-6-3-9-15-26-24(30)32-17-18-10-4-2-5-11-18/h2,4-5,7-8,10-13,20H,3,6,9,14-17H2,1H3,(H2,25,29)(H,26,30)(H,27,28)/t20-/m0/s1. The number of carbonyl (C=O) groups is 3. The zero-order valence-corrected chi connectivity index (χ0v) is 18.3. The highest BCUT2D eigenvalue weighted by Crippen LogP contribution is 2.19. The lowest BCUT2D eigenvalue weighted by molar-refractivity contribution is -0.127. The molecule has 2 aromatic rings. The van der Waals surface area contributed by atoms with Gasteiger partial charge >= 0.3 is 6.09 Å². The van der Waals surface area contributed by atoms with E-state index in [-0.39, 0.29) is 25.4 Å². The molecule has 0 aromatic heterocycles. The maximum Gasteiger partial charge on any atom is 0.407 e. The second-order valence-corrected chi connectivity index (χ2v) is 7.34. The van der Waals surface area contributed by atoms with E-state index in [1.807, 2.05) is 48.5 Å². The van der Waals surface area contributed by atoms with E-state index in [1.165, 1.54) is 0 Å². The fourth-order valence-electron chi connectivity index (χ4n) is 3.13. The molecule has 2 rings (SSSR count). The van der Waals surface area contributed by atoms with Crippen molar-refractivity contribution in [2.75, 3.05) is 13.7 Å². The molecule has 0 fully saturated rings. The Labute approximate surface area is 188 Å². The molecule has 0 heterocycles. The molecule has 0 spiro atoms. The minimum Gasteiger partial charge on any atom is -0.496 e. The Kier molecular flexibility index (Phi) is 10.6. The first-order chi connectivity index (χ1) is 15.5. The van der Waals surface area contributed by atoms with Gasteiger partial charge in [0, 0.05) is 19.4 Å². The molecular weight excluding hydrogens is 410 g/mol. The van der Waals surface area contributed by atoms with Gasteiger partial charge in [0.25, 0.3) is 0 Å². The predicted molar refractivity (Wildman–Crippen MR) is 121 cm³/mol. The number of amides is 3. The van der Waals surface area contributed by atoms with Crippen molar-refractivity contribution in [2.24, 2.45) is 5.73 Å². The van der Waals surface area contributed by atoms with Crippen LogP contribution in [0.25, 0.3) is 0 Å². The summed E-state index contributed by atoms with van der Waals surface area (Å²) in [4.78, 5) is 35.7. The fraction of sp³-hybridized carbons (Fsp3) is 0.375. The molecule has 172 valence electrons. The first-order valence-electron chi connectivity index (χ1n) is 10.6. The second-order valence-electron chi connectivity index (χ2n) is 7.34. The zero-order chi connectivity index (χ0) is 23.2. The molecule has 0 aliphatic carbocycles. The maximum atomic E-state index is 12.2. The summed E-state index contributed by atoms with van der Waals surface area (Å²) in [5, 5.41) is 5.39. The summed E-state index contributed by atoms with van der Waals surface area (Å²) in [5.41, 5.74) is 7.18. The van der Waals surface area contributed by atoms with Crippen molar-refractivity contribution in [3.05, 3.63) is 65.7 Å². The molecule has 8 heteroatoms. The molecule has 0 aliphatic heterocycles. The van der Waals surface area contributed by atoms with Crippen LogP contribution in [0.2, 0.25) is 0 Å². The number of hydrogen-bond acceptors (Lipinski definition) is 5. The lowest BCUT2D eigenvalue weighted by atomic mass is 10.0. The van der Waals surface area contributed by atoms with Crippen LogP contribution in [0.3, 0.4) is 0 Å². The highest BCUT2D eigenvalue weighted by atomic mass is 16.5. The molecule has 2 aromatic carbocycles. The smallest absolute Gasteiger partial charge is 0.407 e. The Morgan fingerprint density at radius 3 is 2.41 bits per heavy atom. The summed E-state index contributed by atoms with van der Waals surface area (Å²) in [7, 11) is 1.55. The van der Waals surface area contributed by atoms with E-state index >= 15 is 0 Å². The van der Waals surface area contributed by atoms with Crippen LogP contribution in [0.1, 0.15) is 36.8 Å². The summed E-state index contributed by atoms with van der Waals surface area (Å²) in [6.45, 7) is 0.690. The molecule has 8 nitrogen and oxygen atoms in total. The Morgan fingerprint density at radius 2 is 1.69 bits per heavy atom. The number of hydrogen-bond donors (Lipinski definition) is 3. The van der Waals surface area contributed by atoms with Crippen LogP contribution >= 0.6 is 0 Å². The van der Waals surface area contributed by atoms with Crippen molar-refractivity contribution in [3.8, 4) is 5.75 Å². The van der Waals surface area contributed by atoms with Crippen molar-refractivity contribution in [2.45, 2.75) is 44.8 Å². The third-order valence-electron chi connectivity index (χ3n) is 4.86. The molecule has 0 saturated heterocycles. The third kappa shape index (κ3) is 9.07. The van der Waals surface area contributed by atoms with Gasteiger partial charge in [-0.3, -0.25) is 9.59 Å². The van der Waals surface area contributed by atoms with E-state index in [0.29, 0.717) is 25.1 Å². The number of alkyl carbamates (subject to hydrolysis) is 1. The summed E-state index contributed by atoms with van der Waals surface area (Å²) in [5.74, 6) is -0.191. The molecule has 0 aliphatic rings. The van der Waals surface area contributed by atoms with Crippen LogP contribution in [0.4, 0.5) is 4.79 Å². The minimum absolute atomic E-state index is 0.225. The number of methoxy groups -OCH3 is 1. The Balaban J connectivity index is 1.61. The van der Waals surface area contributed by atoms with E-state index in [0.717, 1.165) is 17.5 Å². The average Bonchev–Trinajstić information content (AvgIpc) is 2.80. The average molecular weight is 442 g/mol. The van der Waals surface area contributed by atoms with E-state index in [1.54, 1.807) is 13.2 Å². The highest BCUT2D eigenvalue weighted by molar-refractivity contribution is 5.86. The van der Waals surface area contributed by atoms with Gasteiger partial charge in [-0.1, -0.05) is 55.0 Å². The number of nitrogens with one attached hydrogen (secondary N) is 2. The van der Waals surface area contributed by atoms with E-state index in [4.69, 9.17) is 15.2 Å². The van der Waals surface area contributed by atoms with E-state index in [2.05, 4.69) is 10.6 Å². The fourth-order valence-corrected chi connectivity index (χ4v) is 3.13. The molecule has 0 radical (unpaired) electrons. The van der Waals surface area contributed by atoms with Crippen molar-refractivity contribution in [1.29, 1.82) is 0 Å². The zero-order valence-electron chi connectivity index (χ0n) is 18.3. The summed E-state index contributed by atoms with van der Waals surface area (Å²) in [6.07, 6.45) is 2.17. The van der Waals surface area contributed by atoms with Gasteiger partial charge in [0.1, 0.15) is 18.4 Å². The van der Waals surface area contributed by atoms with Crippen molar-refractivity contribution >= 4 is 17.9 Å². The third-order valence-corrected chi connectivity index (χ3v) is 4.86. The second kappa shape index (κ2) is 13.7. The van der Waals surface area contributed by atoms with Crippen molar-refractivity contribution < 1.29 is 23.9 Å². The number of nitrogens with two attached hydrogens (primary N) is 1. The number of ether oxygens (including phenoxy) is 2. The normalized spacial score (nSPS) is 11.3. The van der Waals surface area contributed by atoms with E-state index in [9.17, 15) is 14.4 Å². The number of para-hydroxylation sites is 1. The molecule has 1 atom stereocenters. The monoisotopic (exact) mass is 441 g/mol. The van der Waals surface area contributed by atoms with Gasteiger partial charge < -0.3 is 25.8 Å². The quantitative estimate of drug-likeness (QED) is 0.413. The summed E-state index contributed by atoms with van der Waals surface area (Å²) < 4.78 is 10.4. The van der Waals surface area contributed by atoms with Gasteiger partial charge in [0.15, 0.2) is 0 Å². The van der Waals surface area contributed by atoms with Gasteiger partial charge in [-0.2, -0.15) is 0 Å². The lowest BCUT2D eigenvalue weighted by Gasteiger charge is -2.17. The Hall–Kier alpha value is -3.55. The number of benzene rings is 2. The maximum absolute atomic E-state index is 12.2. The van der Waals surface area contributed by atoms with Gasteiger partial charge in [0.05, 0.1) is 7.11 Å². The number of primary amides is 1.